The number of aryl methyl sites for hydroxylation is 1. The van der Waals surface area contributed by atoms with E-state index in [-0.39, 0.29) is 11.7 Å². The zero-order chi connectivity index (χ0) is 16.7. The van der Waals surface area contributed by atoms with Crippen LogP contribution in [-0.4, -0.2) is 20.1 Å². The van der Waals surface area contributed by atoms with E-state index >= 15 is 0 Å². The number of benzene rings is 2. The number of hydrogen-bond acceptors (Lipinski definition) is 3. The lowest BCUT2D eigenvalue weighted by molar-refractivity contribution is -0.114. The van der Waals surface area contributed by atoms with E-state index < -0.39 is 10.0 Å². The van der Waals surface area contributed by atoms with Crippen molar-refractivity contribution < 1.29 is 13.2 Å². The minimum absolute atomic E-state index is 0.0479. The first kappa shape index (κ1) is 17.0. The summed E-state index contributed by atoms with van der Waals surface area (Å²) in [6.07, 6.45) is 1.26. The summed E-state index contributed by atoms with van der Waals surface area (Å²) in [6.45, 7) is 1.40. The van der Waals surface area contributed by atoms with Crippen molar-refractivity contribution in [3.63, 3.8) is 0 Å². The van der Waals surface area contributed by atoms with Crippen LogP contribution in [0.25, 0.3) is 0 Å². The van der Waals surface area contributed by atoms with E-state index in [1.165, 1.54) is 6.92 Å². The van der Waals surface area contributed by atoms with E-state index in [1.54, 1.807) is 24.3 Å². The molecule has 0 bridgehead atoms. The van der Waals surface area contributed by atoms with Crippen molar-refractivity contribution >= 4 is 27.3 Å². The van der Waals surface area contributed by atoms with E-state index in [2.05, 4.69) is 10.0 Å². The molecule has 5 nitrogen and oxygen atoms in total. The summed E-state index contributed by atoms with van der Waals surface area (Å²) in [5.74, 6) is -0.153. The van der Waals surface area contributed by atoms with Crippen LogP contribution in [-0.2, 0) is 21.2 Å². The molecule has 0 spiro atoms. The van der Waals surface area contributed by atoms with Gasteiger partial charge in [-0.15, -0.1) is 0 Å². The fraction of sp³-hybridized carbons (Fsp3) is 0.235. The maximum Gasteiger partial charge on any atom is 0.232 e. The second kappa shape index (κ2) is 7.78. The van der Waals surface area contributed by atoms with Gasteiger partial charge >= 0.3 is 0 Å². The van der Waals surface area contributed by atoms with Crippen molar-refractivity contribution in [2.24, 2.45) is 0 Å². The Hall–Kier alpha value is -2.34. The van der Waals surface area contributed by atoms with Crippen molar-refractivity contribution in [3.8, 4) is 0 Å². The lowest BCUT2D eigenvalue weighted by atomic mass is 10.1. The number of anilines is 2. The van der Waals surface area contributed by atoms with Crippen LogP contribution < -0.4 is 10.0 Å². The quantitative estimate of drug-likeness (QED) is 0.818. The molecule has 2 N–H and O–H groups in total. The van der Waals surface area contributed by atoms with Gasteiger partial charge in [0.15, 0.2) is 0 Å². The molecule has 0 aliphatic rings. The molecule has 0 saturated heterocycles. The maximum atomic E-state index is 12.1. The molecule has 2 aromatic carbocycles. The first-order chi connectivity index (χ1) is 10.9. The normalized spacial score (nSPS) is 11.0. The molecule has 0 atom stereocenters. The van der Waals surface area contributed by atoms with E-state index in [9.17, 15) is 13.2 Å². The largest absolute Gasteiger partial charge is 0.326 e. The number of carbonyl (C=O) groups excluding carboxylic acids is 1. The Labute approximate surface area is 136 Å². The van der Waals surface area contributed by atoms with Crippen molar-refractivity contribution in [2.75, 3.05) is 15.8 Å². The number of rotatable bonds is 7. The van der Waals surface area contributed by atoms with E-state index in [4.69, 9.17) is 0 Å². The number of carbonyl (C=O) groups is 1. The minimum atomic E-state index is -3.41. The van der Waals surface area contributed by atoms with Crippen molar-refractivity contribution in [1.29, 1.82) is 0 Å². The molecule has 0 saturated carbocycles. The monoisotopic (exact) mass is 332 g/mol. The molecule has 0 radical (unpaired) electrons. The molecule has 2 aromatic rings. The molecule has 2 rings (SSSR count). The smallest absolute Gasteiger partial charge is 0.232 e. The number of sulfonamides is 1. The first-order valence-corrected chi connectivity index (χ1v) is 9.02. The fourth-order valence-corrected chi connectivity index (χ4v) is 3.32. The predicted octanol–water partition coefficient (Wildman–Crippen LogP) is 3.02. The summed E-state index contributed by atoms with van der Waals surface area (Å²) < 4.78 is 26.8. The summed E-state index contributed by atoms with van der Waals surface area (Å²) >= 11 is 0. The van der Waals surface area contributed by atoms with Gasteiger partial charge in [0.25, 0.3) is 0 Å². The molecule has 0 heterocycles. The highest BCUT2D eigenvalue weighted by atomic mass is 32.2. The Morgan fingerprint density at radius 1 is 1.00 bits per heavy atom. The van der Waals surface area contributed by atoms with Gasteiger partial charge in [-0.1, -0.05) is 36.4 Å². The van der Waals surface area contributed by atoms with Crippen molar-refractivity contribution in [2.45, 2.75) is 19.8 Å². The van der Waals surface area contributed by atoms with Crippen LogP contribution in [0.4, 0.5) is 11.4 Å². The number of amides is 1. The SMILES string of the molecule is CC(=O)Nc1cccc(NS(=O)(=O)CCCc2ccccc2)c1. The van der Waals surface area contributed by atoms with E-state index in [0.29, 0.717) is 24.2 Å². The van der Waals surface area contributed by atoms with Crippen LogP contribution in [0, 0.1) is 0 Å². The summed E-state index contributed by atoms with van der Waals surface area (Å²) in [7, 11) is -3.41. The zero-order valence-electron chi connectivity index (χ0n) is 13.0. The van der Waals surface area contributed by atoms with Crippen molar-refractivity contribution in [1.82, 2.24) is 0 Å². The minimum Gasteiger partial charge on any atom is -0.326 e. The third kappa shape index (κ3) is 6.12. The second-order valence-corrected chi connectivity index (χ2v) is 7.11. The first-order valence-electron chi connectivity index (χ1n) is 7.37. The van der Waals surface area contributed by atoms with Crippen molar-refractivity contribution in [3.05, 3.63) is 60.2 Å². The van der Waals surface area contributed by atoms with Gasteiger partial charge < -0.3 is 5.32 Å². The van der Waals surface area contributed by atoms with E-state index in [1.807, 2.05) is 30.3 Å². The predicted molar refractivity (Wildman–Crippen MR) is 92.9 cm³/mol. The molecule has 0 aliphatic heterocycles. The van der Waals surface area contributed by atoms with Crippen LogP contribution in [0.15, 0.2) is 54.6 Å². The highest BCUT2D eigenvalue weighted by Crippen LogP contribution is 2.17. The van der Waals surface area contributed by atoms with Gasteiger partial charge in [-0.3, -0.25) is 9.52 Å². The molecule has 0 aliphatic carbocycles. The van der Waals surface area contributed by atoms with Crippen LogP contribution in [0.1, 0.15) is 18.9 Å². The van der Waals surface area contributed by atoms with Crippen LogP contribution in [0.3, 0.4) is 0 Å². The third-order valence-electron chi connectivity index (χ3n) is 3.18. The number of hydrogen-bond donors (Lipinski definition) is 2. The molecule has 122 valence electrons. The van der Waals surface area contributed by atoms with Gasteiger partial charge in [-0.2, -0.15) is 0 Å². The molecule has 23 heavy (non-hydrogen) atoms. The maximum absolute atomic E-state index is 12.1. The Balaban J connectivity index is 1.91. The van der Waals surface area contributed by atoms with Crippen LogP contribution in [0.5, 0.6) is 0 Å². The van der Waals surface area contributed by atoms with Gasteiger partial charge in [-0.25, -0.2) is 8.42 Å². The van der Waals surface area contributed by atoms with Gasteiger partial charge in [-0.05, 0) is 36.6 Å². The lowest BCUT2D eigenvalue weighted by Gasteiger charge is -2.10. The standard InChI is InChI=1S/C17H20N2O3S/c1-14(20)18-16-10-5-11-17(13-16)19-23(21,22)12-6-9-15-7-3-2-4-8-15/h2-5,7-8,10-11,13,19H,6,9,12H2,1H3,(H,18,20). The summed E-state index contributed by atoms with van der Waals surface area (Å²) in [5, 5.41) is 2.62. The topological polar surface area (TPSA) is 75.3 Å². The molecule has 0 aromatic heterocycles. The van der Waals surface area contributed by atoms with Crippen LogP contribution >= 0.6 is 0 Å². The Bertz CT molecular complexity index is 758. The second-order valence-electron chi connectivity index (χ2n) is 5.27. The van der Waals surface area contributed by atoms with Gasteiger partial charge in [0.2, 0.25) is 15.9 Å². The highest BCUT2D eigenvalue weighted by molar-refractivity contribution is 7.92. The lowest BCUT2D eigenvalue weighted by Crippen LogP contribution is -2.17. The molecule has 0 fully saturated rings. The van der Waals surface area contributed by atoms with Gasteiger partial charge in [0, 0.05) is 12.6 Å². The summed E-state index contributed by atoms with van der Waals surface area (Å²) in [6, 6.07) is 16.4. The summed E-state index contributed by atoms with van der Waals surface area (Å²) in [4.78, 5) is 11.0. The van der Waals surface area contributed by atoms with Gasteiger partial charge in [0.05, 0.1) is 11.4 Å². The average Bonchev–Trinajstić information content (AvgIpc) is 2.47. The molecular weight excluding hydrogens is 312 g/mol. The van der Waals surface area contributed by atoms with E-state index in [0.717, 1.165) is 5.56 Å². The highest BCUT2D eigenvalue weighted by Gasteiger charge is 2.10. The van der Waals surface area contributed by atoms with Gasteiger partial charge in [0.1, 0.15) is 0 Å². The Morgan fingerprint density at radius 2 is 1.70 bits per heavy atom. The third-order valence-corrected chi connectivity index (χ3v) is 4.55. The summed E-state index contributed by atoms with van der Waals surface area (Å²) in [5.41, 5.74) is 2.12. The Morgan fingerprint density at radius 3 is 2.39 bits per heavy atom. The molecule has 1 amide bonds. The zero-order valence-corrected chi connectivity index (χ0v) is 13.8. The molecular formula is C17H20N2O3S. The Kier molecular flexibility index (Phi) is 5.76. The average molecular weight is 332 g/mol. The molecule has 6 heteroatoms. The fourth-order valence-electron chi connectivity index (χ4n) is 2.21. The molecule has 0 unspecified atom stereocenters. The number of nitrogens with one attached hydrogen (secondary N) is 2. The van der Waals surface area contributed by atoms with Crippen LogP contribution in [0.2, 0.25) is 0 Å².